The second kappa shape index (κ2) is 2.98. The van der Waals surface area contributed by atoms with E-state index in [1.54, 1.807) is 0 Å². The third-order valence-electron chi connectivity index (χ3n) is 4.54. The van der Waals surface area contributed by atoms with Crippen molar-refractivity contribution in [2.24, 2.45) is 5.92 Å². The molecule has 0 amide bonds. The van der Waals surface area contributed by atoms with E-state index in [0.29, 0.717) is 0 Å². The predicted molar refractivity (Wildman–Crippen MR) is 54.7 cm³/mol. The molecule has 4 unspecified atom stereocenters. The third-order valence-corrected chi connectivity index (χ3v) is 4.54. The fourth-order valence-corrected chi connectivity index (χ4v) is 3.73. The second-order valence-electron chi connectivity index (χ2n) is 5.23. The minimum absolute atomic E-state index is 1.00. The highest BCUT2D eigenvalue weighted by Gasteiger charge is 2.49. The van der Waals surface area contributed by atoms with Gasteiger partial charge >= 0.3 is 0 Å². The molecular formula is C12H21N. The molecule has 0 aromatic heterocycles. The number of nitrogens with zero attached hydrogens (tertiary/aromatic N) is 1. The van der Waals surface area contributed by atoms with Crippen LogP contribution in [0.5, 0.6) is 0 Å². The Morgan fingerprint density at radius 2 is 1.77 bits per heavy atom. The second-order valence-corrected chi connectivity index (χ2v) is 5.23. The molecule has 4 atom stereocenters. The Balaban J connectivity index is 1.70. The van der Waals surface area contributed by atoms with Crippen molar-refractivity contribution >= 4 is 0 Å². The van der Waals surface area contributed by atoms with Crippen molar-refractivity contribution in [1.29, 1.82) is 0 Å². The van der Waals surface area contributed by atoms with Crippen molar-refractivity contribution in [2.45, 2.75) is 70.0 Å². The van der Waals surface area contributed by atoms with Gasteiger partial charge in [0.1, 0.15) is 0 Å². The lowest BCUT2D eigenvalue weighted by Gasteiger charge is -2.35. The van der Waals surface area contributed by atoms with E-state index in [-0.39, 0.29) is 0 Å². The highest BCUT2D eigenvalue weighted by atomic mass is 15.3. The van der Waals surface area contributed by atoms with Crippen LogP contribution in [-0.2, 0) is 0 Å². The summed E-state index contributed by atoms with van der Waals surface area (Å²) in [6, 6.07) is 3.02. The van der Waals surface area contributed by atoms with Crippen LogP contribution >= 0.6 is 0 Å². The zero-order valence-corrected chi connectivity index (χ0v) is 8.71. The Bertz CT molecular complexity index is 185. The zero-order chi connectivity index (χ0) is 8.84. The van der Waals surface area contributed by atoms with Gasteiger partial charge in [0.2, 0.25) is 0 Å². The third kappa shape index (κ3) is 1.24. The van der Waals surface area contributed by atoms with Crippen LogP contribution < -0.4 is 0 Å². The standard InChI is InChI=1S/C12H21N/c1-2-9-8-12(9)13-10-4-3-5-11(13)7-6-10/h9-12H,2-8H2,1H3. The molecule has 2 aliphatic heterocycles. The van der Waals surface area contributed by atoms with Crippen molar-refractivity contribution in [3.05, 3.63) is 0 Å². The van der Waals surface area contributed by atoms with Crippen molar-refractivity contribution in [2.75, 3.05) is 0 Å². The van der Waals surface area contributed by atoms with E-state index in [1.165, 1.54) is 44.9 Å². The molecule has 2 heterocycles. The molecule has 1 aliphatic carbocycles. The maximum absolute atomic E-state index is 2.91. The normalized spacial score (nSPS) is 49.6. The summed E-state index contributed by atoms with van der Waals surface area (Å²) in [5.74, 6) is 1.07. The molecule has 2 bridgehead atoms. The van der Waals surface area contributed by atoms with Crippen molar-refractivity contribution in [3.8, 4) is 0 Å². The SMILES string of the molecule is CCC1CC1N1C2CCCC1CC2. The maximum Gasteiger partial charge on any atom is 0.0133 e. The summed E-state index contributed by atoms with van der Waals surface area (Å²) in [6.07, 6.45) is 10.5. The first kappa shape index (κ1) is 8.28. The highest BCUT2D eigenvalue weighted by molar-refractivity contribution is 5.03. The van der Waals surface area contributed by atoms with E-state index in [2.05, 4.69) is 11.8 Å². The van der Waals surface area contributed by atoms with Gasteiger partial charge in [0.25, 0.3) is 0 Å². The summed E-state index contributed by atoms with van der Waals surface area (Å²) in [6.45, 7) is 2.36. The van der Waals surface area contributed by atoms with Gasteiger partial charge in [-0.2, -0.15) is 0 Å². The molecule has 1 nitrogen and oxygen atoms in total. The smallest absolute Gasteiger partial charge is 0.0133 e. The first-order chi connectivity index (χ1) is 6.40. The molecule has 2 saturated heterocycles. The van der Waals surface area contributed by atoms with Gasteiger partial charge in [-0.05, 0) is 38.0 Å². The zero-order valence-electron chi connectivity index (χ0n) is 8.71. The summed E-state index contributed by atoms with van der Waals surface area (Å²) in [4.78, 5) is 2.91. The van der Waals surface area contributed by atoms with Crippen LogP contribution in [-0.4, -0.2) is 23.0 Å². The molecule has 0 spiro atoms. The van der Waals surface area contributed by atoms with E-state index in [0.717, 1.165) is 24.0 Å². The summed E-state index contributed by atoms with van der Waals surface area (Å²) < 4.78 is 0. The summed E-state index contributed by atoms with van der Waals surface area (Å²) >= 11 is 0. The first-order valence-corrected chi connectivity index (χ1v) is 6.17. The van der Waals surface area contributed by atoms with E-state index in [1.807, 2.05) is 0 Å². The van der Waals surface area contributed by atoms with Gasteiger partial charge in [-0.15, -0.1) is 0 Å². The molecule has 0 N–H and O–H groups in total. The van der Waals surface area contributed by atoms with Crippen LogP contribution in [0.3, 0.4) is 0 Å². The molecule has 3 aliphatic rings. The fourth-order valence-electron chi connectivity index (χ4n) is 3.73. The van der Waals surface area contributed by atoms with Crippen molar-refractivity contribution in [3.63, 3.8) is 0 Å². The fraction of sp³-hybridized carbons (Fsp3) is 1.00. The minimum atomic E-state index is 1.00. The van der Waals surface area contributed by atoms with Gasteiger partial charge in [-0.25, -0.2) is 0 Å². The Morgan fingerprint density at radius 3 is 2.31 bits per heavy atom. The number of hydrogen-bond donors (Lipinski definition) is 0. The lowest BCUT2D eigenvalue weighted by molar-refractivity contribution is 0.124. The molecule has 1 heteroatoms. The Morgan fingerprint density at radius 1 is 1.08 bits per heavy atom. The van der Waals surface area contributed by atoms with Crippen LogP contribution in [0, 0.1) is 5.92 Å². The average Bonchev–Trinajstić information content (AvgIpc) is 2.90. The Kier molecular flexibility index (Phi) is 1.90. The summed E-state index contributed by atoms with van der Waals surface area (Å²) in [5, 5.41) is 0. The van der Waals surface area contributed by atoms with Crippen LogP contribution in [0.4, 0.5) is 0 Å². The van der Waals surface area contributed by atoms with Crippen molar-refractivity contribution < 1.29 is 0 Å². The number of hydrogen-bond acceptors (Lipinski definition) is 1. The van der Waals surface area contributed by atoms with E-state index >= 15 is 0 Å². The predicted octanol–water partition coefficient (Wildman–Crippen LogP) is 2.80. The van der Waals surface area contributed by atoms with E-state index in [9.17, 15) is 0 Å². The van der Waals surface area contributed by atoms with Gasteiger partial charge in [0, 0.05) is 18.1 Å². The average molecular weight is 179 g/mol. The van der Waals surface area contributed by atoms with Crippen molar-refractivity contribution in [1.82, 2.24) is 4.90 Å². The van der Waals surface area contributed by atoms with Gasteiger partial charge in [-0.1, -0.05) is 19.8 Å². The van der Waals surface area contributed by atoms with Crippen LogP contribution in [0.15, 0.2) is 0 Å². The van der Waals surface area contributed by atoms with Gasteiger partial charge in [-0.3, -0.25) is 4.90 Å². The molecule has 1 saturated carbocycles. The molecule has 3 fully saturated rings. The molecule has 0 aromatic rings. The van der Waals surface area contributed by atoms with E-state index < -0.39 is 0 Å². The van der Waals surface area contributed by atoms with E-state index in [4.69, 9.17) is 0 Å². The Labute approximate surface area is 81.5 Å². The number of fused-ring (bicyclic) bond motifs is 2. The summed E-state index contributed by atoms with van der Waals surface area (Å²) in [5.41, 5.74) is 0. The number of rotatable bonds is 2. The van der Waals surface area contributed by atoms with Crippen LogP contribution in [0.1, 0.15) is 51.9 Å². The molecular weight excluding hydrogens is 158 g/mol. The lowest BCUT2D eigenvalue weighted by atomic mass is 10.0. The van der Waals surface area contributed by atoms with Crippen LogP contribution in [0.25, 0.3) is 0 Å². The molecule has 74 valence electrons. The topological polar surface area (TPSA) is 3.24 Å². The first-order valence-electron chi connectivity index (χ1n) is 6.17. The largest absolute Gasteiger partial charge is 0.294 e. The maximum atomic E-state index is 2.91. The van der Waals surface area contributed by atoms with Gasteiger partial charge in [0.15, 0.2) is 0 Å². The molecule has 0 radical (unpaired) electrons. The van der Waals surface area contributed by atoms with Crippen LogP contribution in [0.2, 0.25) is 0 Å². The quantitative estimate of drug-likeness (QED) is 0.630. The molecule has 13 heavy (non-hydrogen) atoms. The Hall–Kier alpha value is -0.0400. The monoisotopic (exact) mass is 179 g/mol. The lowest BCUT2D eigenvalue weighted by Crippen LogP contribution is -2.41. The summed E-state index contributed by atoms with van der Waals surface area (Å²) in [7, 11) is 0. The molecule has 0 aromatic carbocycles. The highest BCUT2D eigenvalue weighted by Crippen LogP contribution is 2.47. The van der Waals surface area contributed by atoms with Gasteiger partial charge in [0.05, 0.1) is 0 Å². The van der Waals surface area contributed by atoms with Gasteiger partial charge < -0.3 is 0 Å². The minimum Gasteiger partial charge on any atom is -0.294 e. The number of piperidine rings is 1. The molecule has 3 rings (SSSR count).